The molecule has 0 aromatic carbocycles. The molecule has 1 heterocycles. The summed E-state index contributed by atoms with van der Waals surface area (Å²) in [6.45, 7) is 4.88. The van der Waals surface area contributed by atoms with E-state index in [2.05, 4.69) is 34.4 Å². The lowest BCUT2D eigenvalue weighted by molar-refractivity contribution is -0.139. The number of carbonyl (C=O) groups is 2. The number of hydrogen-bond acceptors (Lipinski definition) is 3. The molecule has 1 aliphatic rings. The van der Waals surface area contributed by atoms with E-state index in [0.29, 0.717) is 18.2 Å². The summed E-state index contributed by atoms with van der Waals surface area (Å²) in [5, 5.41) is 14.5. The highest BCUT2D eigenvalue weighted by atomic mass is 16.4. The molecule has 1 aromatic heterocycles. The second kappa shape index (κ2) is 6.15. The van der Waals surface area contributed by atoms with Gasteiger partial charge in [-0.2, -0.15) is 0 Å². The van der Waals surface area contributed by atoms with Crippen LogP contribution in [0.25, 0.3) is 0 Å². The van der Waals surface area contributed by atoms with Crippen LogP contribution in [0.4, 0.5) is 4.79 Å². The fourth-order valence-corrected chi connectivity index (χ4v) is 2.40. The standard InChI is InChI=1S/C14H22N4O3/c1-9(2)14(3-4-14)7-16-13(21)18-11(12(19)20)5-10-6-15-8-17-10/h6,8-9,11H,3-5,7H2,1-2H3,(H,15,17)(H,19,20)(H2,16,18,21). The summed E-state index contributed by atoms with van der Waals surface area (Å²) >= 11 is 0. The molecule has 1 atom stereocenters. The molecule has 1 fully saturated rings. The summed E-state index contributed by atoms with van der Waals surface area (Å²) in [5.41, 5.74) is 0.864. The van der Waals surface area contributed by atoms with Gasteiger partial charge in [0.05, 0.1) is 6.33 Å². The maximum Gasteiger partial charge on any atom is 0.326 e. The van der Waals surface area contributed by atoms with Crippen molar-refractivity contribution in [2.75, 3.05) is 6.54 Å². The SMILES string of the molecule is CC(C)C1(CNC(=O)NC(Cc2cnc[nH]2)C(=O)O)CC1. The predicted octanol–water partition coefficient (Wildman–Crippen LogP) is 1.14. The van der Waals surface area contributed by atoms with Gasteiger partial charge < -0.3 is 20.7 Å². The number of H-pyrrole nitrogens is 1. The average Bonchev–Trinajstić information content (AvgIpc) is 3.06. The molecular formula is C14H22N4O3. The molecule has 1 unspecified atom stereocenters. The predicted molar refractivity (Wildman–Crippen MR) is 76.8 cm³/mol. The van der Waals surface area contributed by atoms with Crippen molar-refractivity contribution in [3.63, 3.8) is 0 Å². The highest BCUT2D eigenvalue weighted by Crippen LogP contribution is 2.51. The number of imidazole rings is 1. The van der Waals surface area contributed by atoms with Crippen LogP contribution in [-0.4, -0.2) is 39.7 Å². The number of nitrogens with zero attached hydrogens (tertiary/aromatic N) is 1. The molecule has 21 heavy (non-hydrogen) atoms. The Morgan fingerprint density at radius 3 is 2.67 bits per heavy atom. The fourth-order valence-electron chi connectivity index (χ4n) is 2.40. The lowest BCUT2D eigenvalue weighted by atomic mass is 9.92. The Bertz CT molecular complexity index is 494. The third-order valence-electron chi connectivity index (χ3n) is 4.30. The summed E-state index contributed by atoms with van der Waals surface area (Å²) < 4.78 is 0. The number of rotatable bonds is 7. The van der Waals surface area contributed by atoms with Gasteiger partial charge in [0.25, 0.3) is 0 Å². The molecule has 1 saturated carbocycles. The molecule has 116 valence electrons. The van der Waals surface area contributed by atoms with Crippen LogP contribution in [0.5, 0.6) is 0 Å². The number of hydrogen-bond donors (Lipinski definition) is 4. The van der Waals surface area contributed by atoms with Gasteiger partial charge in [-0.25, -0.2) is 14.6 Å². The topological polar surface area (TPSA) is 107 Å². The van der Waals surface area contributed by atoms with Crippen LogP contribution in [0.15, 0.2) is 12.5 Å². The van der Waals surface area contributed by atoms with Crippen molar-refractivity contribution in [2.24, 2.45) is 11.3 Å². The van der Waals surface area contributed by atoms with Crippen molar-refractivity contribution in [3.05, 3.63) is 18.2 Å². The second-order valence-corrected chi connectivity index (χ2v) is 6.02. The molecule has 0 saturated heterocycles. The van der Waals surface area contributed by atoms with E-state index in [1.807, 2.05) is 0 Å². The third kappa shape index (κ3) is 3.96. The van der Waals surface area contributed by atoms with E-state index >= 15 is 0 Å². The average molecular weight is 294 g/mol. The van der Waals surface area contributed by atoms with Crippen molar-refractivity contribution in [2.45, 2.75) is 39.2 Å². The minimum Gasteiger partial charge on any atom is -0.480 e. The van der Waals surface area contributed by atoms with Crippen LogP contribution in [0.2, 0.25) is 0 Å². The Balaban J connectivity index is 1.83. The molecule has 2 rings (SSSR count). The number of carboxylic acid groups (broad SMARTS) is 1. The summed E-state index contributed by atoms with van der Waals surface area (Å²) in [4.78, 5) is 29.7. The van der Waals surface area contributed by atoms with E-state index in [9.17, 15) is 14.7 Å². The van der Waals surface area contributed by atoms with E-state index < -0.39 is 18.0 Å². The first-order valence-corrected chi connectivity index (χ1v) is 7.17. The lowest BCUT2D eigenvalue weighted by Crippen LogP contribution is -2.48. The number of aliphatic carboxylic acids is 1. The largest absolute Gasteiger partial charge is 0.480 e. The van der Waals surface area contributed by atoms with Crippen molar-refractivity contribution in [1.29, 1.82) is 0 Å². The molecule has 0 radical (unpaired) electrons. The summed E-state index contributed by atoms with van der Waals surface area (Å²) in [5.74, 6) is -0.553. The van der Waals surface area contributed by atoms with Crippen molar-refractivity contribution >= 4 is 12.0 Å². The quantitative estimate of drug-likeness (QED) is 0.605. The first-order valence-electron chi connectivity index (χ1n) is 7.17. The molecule has 2 amide bonds. The van der Waals surface area contributed by atoms with Crippen LogP contribution in [0.1, 0.15) is 32.4 Å². The third-order valence-corrected chi connectivity index (χ3v) is 4.30. The minimum absolute atomic E-state index is 0.179. The van der Waals surface area contributed by atoms with Crippen molar-refractivity contribution < 1.29 is 14.7 Å². The smallest absolute Gasteiger partial charge is 0.326 e. The fraction of sp³-hybridized carbons (Fsp3) is 0.643. The maximum atomic E-state index is 11.9. The van der Waals surface area contributed by atoms with Gasteiger partial charge in [-0.15, -0.1) is 0 Å². The van der Waals surface area contributed by atoms with E-state index in [-0.39, 0.29) is 11.8 Å². The lowest BCUT2D eigenvalue weighted by Gasteiger charge is -2.21. The summed E-state index contributed by atoms with van der Waals surface area (Å²) in [7, 11) is 0. The number of carboxylic acids is 1. The van der Waals surface area contributed by atoms with Crippen LogP contribution >= 0.6 is 0 Å². The van der Waals surface area contributed by atoms with Gasteiger partial charge in [-0.1, -0.05) is 13.8 Å². The zero-order valence-electron chi connectivity index (χ0n) is 12.3. The number of aromatic nitrogens is 2. The van der Waals surface area contributed by atoms with E-state index in [0.717, 1.165) is 12.8 Å². The minimum atomic E-state index is -1.07. The zero-order chi connectivity index (χ0) is 15.5. The first kappa shape index (κ1) is 15.3. The Hall–Kier alpha value is -2.05. The summed E-state index contributed by atoms with van der Waals surface area (Å²) in [6, 6.07) is -1.41. The van der Waals surface area contributed by atoms with Gasteiger partial charge in [0.1, 0.15) is 6.04 Å². The van der Waals surface area contributed by atoms with Crippen LogP contribution in [0.3, 0.4) is 0 Å². The highest BCUT2D eigenvalue weighted by molar-refractivity contribution is 5.82. The Kier molecular flexibility index (Phi) is 4.50. The van der Waals surface area contributed by atoms with E-state index in [4.69, 9.17) is 0 Å². The summed E-state index contributed by atoms with van der Waals surface area (Å²) in [6.07, 6.45) is 5.43. The number of carbonyl (C=O) groups excluding carboxylic acids is 1. The van der Waals surface area contributed by atoms with Gasteiger partial charge in [0.15, 0.2) is 0 Å². The molecule has 4 N–H and O–H groups in total. The molecule has 7 nitrogen and oxygen atoms in total. The van der Waals surface area contributed by atoms with Gasteiger partial charge in [0.2, 0.25) is 0 Å². The molecular weight excluding hydrogens is 272 g/mol. The van der Waals surface area contributed by atoms with Gasteiger partial charge in [-0.3, -0.25) is 0 Å². The molecule has 7 heteroatoms. The second-order valence-electron chi connectivity index (χ2n) is 6.02. The van der Waals surface area contributed by atoms with Gasteiger partial charge in [-0.05, 0) is 24.2 Å². The Morgan fingerprint density at radius 2 is 2.19 bits per heavy atom. The number of amides is 2. The molecule has 0 spiro atoms. The monoisotopic (exact) mass is 294 g/mol. The van der Waals surface area contributed by atoms with Crippen LogP contribution in [-0.2, 0) is 11.2 Å². The molecule has 1 aliphatic carbocycles. The van der Waals surface area contributed by atoms with Gasteiger partial charge >= 0.3 is 12.0 Å². The highest BCUT2D eigenvalue weighted by Gasteiger charge is 2.45. The zero-order valence-corrected chi connectivity index (χ0v) is 12.3. The number of nitrogens with one attached hydrogen (secondary N) is 3. The van der Waals surface area contributed by atoms with Gasteiger partial charge in [0, 0.05) is 24.9 Å². The maximum absolute atomic E-state index is 11.9. The molecule has 1 aromatic rings. The number of aromatic amines is 1. The van der Waals surface area contributed by atoms with E-state index in [1.54, 1.807) is 6.20 Å². The van der Waals surface area contributed by atoms with Crippen molar-refractivity contribution in [3.8, 4) is 0 Å². The Labute approximate surface area is 123 Å². The van der Waals surface area contributed by atoms with E-state index in [1.165, 1.54) is 6.33 Å². The first-order chi connectivity index (χ1) is 9.93. The van der Waals surface area contributed by atoms with Crippen molar-refractivity contribution in [1.82, 2.24) is 20.6 Å². The van der Waals surface area contributed by atoms with Crippen LogP contribution in [0, 0.1) is 11.3 Å². The normalized spacial score (nSPS) is 17.3. The Morgan fingerprint density at radius 1 is 1.48 bits per heavy atom. The number of urea groups is 1. The molecule has 0 aliphatic heterocycles. The molecule has 0 bridgehead atoms. The van der Waals surface area contributed by atoms with Crippen LogP contribution < -0.4 is 10.6 Å².